The van der Waals surface area contributed by atoms with E-state index < -0.39 is 0 Å². The molecule has 2 atom stereocenters. The van der Waals surface area contributed by atoms with Gasteiger partial charge in [-0.1, -0.05) is 13.8 Å². The van der Waals surface area contributed by atoms with Gasteiger partial charge in [0.05, 0.1) is 6.61 Å². The van der Waals surface area contributed by atoms with Gasteiger partial charge in [-0.05, 0) is 18.8 Å². The van der Waals surface area contributed by atoms with Crippen LogP contribution in [-0.4, -0.2) is 35.0 Å². The van der Waals surface area contributed by atoms with E-state index in [9.17, 15) is 0 Å². The second-order valence-electron chi connectivity index (χ2n) is 4.79. The van der Waals surface area contributed by atoms with E-state index in [0.29, 0.717) is 18.4 Å². The molecule has 5 heteroatoms. The highest BCUT2D eigenvalue weighted by Gasteiger charge is 2.25. The van der Waals surface area contributed by atoms with Gasteiger partial charge in [0.25, 0.3) is 0 Å². The van der Waals surface area contributed by atoms with Crippen molar-refractivity contribution in [3.8, 4) is 5.88 Å². The molecule has 1 fully saturated rings. The van der Waals surface area contributed by atoms with Crippen molar-refractivity contribution in [3.63, 3.8) is 0 Å². The number of alkyl halides is 1. The minimum atomic E-state index is 0.277. The molecule has 0 radical (unpaired) electrons. The summed E-state index contributed by atoms with van der Waals surface area (Å²) in [5.74, 6) is 2.07. The Labute approximate surface area is 113 Å². The molecular formula is C13H20ClN3O. The molecule has 1 aromatic rings. The molecule has 18 heavy (non-hydrogen) atoms. The second-order valence-corrected chi connectivity index (χ2v) is 5.35. The molecule has 100 valence electrons. The number of hydrogen-bond acceptors (Lipinski definition) is 4. The Morgan fingerprint density at radius 2 is 2.33 bits per heavy atom. The fraction of sp³-hybridized carbons (Fsp3) is 0.692. The van der Waals surface area contributed by atoms with Gasteiger partial charge in [0, 0.05) is 24.5 Å². The highest BCUT2D eigenvalue weighted by molar-refractivity contribution is 6.20. The van der Waals surface area contributed by atoms with Crippen LogP contribution < -0.4 is 9.64 Å². The van der Waals surface area contributed by atoms with Crippen molar-refractivity contribution >= 4 is 17.4 Å². The molecule has 0 N–H and O–H groups in total. The van der Waals surface area contributed by atoms with Crippen molar-refractivity contribution in [2.75, 3.05) is 24.6 Å². The third kappa shape index (κ3) is 3.25. The first-order valence-corrected chi connectivity index (χ1v) is 6.98. The monoisotopic (exact) mass is 269 g/mol. The number of nitrogens with zero attached hydrogens (tertiary/aromatic N) is 3. The zero-order chi connectivity index (χ0) is 13.0. The fourth-order valence-electron chi connectivity index (χ4n) is 2.11. The van der Waals surface area contributed by atoms with Crippen molar-refractivity contribution in [3.05, 3.63) is 12.4 Å². The van der Waals surface area contributed by atoms with Gasteiger partial charge < -0.3 is 9.64 Å². The van der Waals surface area contributed by atoms with Crippen LogP contribution >= 0.6 is 11.6 Å². The Morgan fingerprint density at radius 3 is 3.06 bits per heavy atom. The highest BCUT2D eigenvalue weighted by Crippen LogP contribution is 2.26. The summed E-state index contributed by atoms with van der Waals surface area (Å²) in [6.07, 6.45) is 3.55. The third-order valence-electron chi connectivity index (χ3n) is 3.21. The molecule has 1 aliphatic rings. The summed E-state index contributed by atoms with van der Waals surface area (Å²) in [6.45, 7) is 6.84. The Kier molecular flexibility index (Phi) is 4.64. The van der Waals surface area contributed by atoms with Crippen molar-refractivity contribution in [2.45, 2.75) is 32.1 Å². The van der Waals surface area contributed by atoms with Crippen LogP contribution in [0.5, 0.6) is 5.88 Å². The van der Waals surface area contributed by atoms with E-state index in [1.807, 2.05) is 6.07 Å². The predicted octanol–water partition coefficient (Wildman–Crippen LogP) is 2.72. The minimum absolute atomic E-state index is 0.277. The van der Waals surface area contributed by atoms with Gasteiger partial charge in [0.1, 0.15) is 12.1 Å². The lowest BCUT2D eigenvalue weighted by molar-refractivity contribution is 0.304. The summed E-state index contributed by atoms with van der Waals surface area (Å²) in [5, 5.41) is 0.277. The van der Waals surface area contributed by atoms with Crippen LogP contribution in [0.1, 0.15) is 26.7 Å². The molecule has 2 unspecified atom stereocenters. The lowest BCUT2D eigenvalue weighted by Gasteiger charge is -2.34. The fourth-order valence-corrected chi connectivity index (χ4v) is 2.29. The number of rotatable bonds is 4. The average molecular weight is 270 g/mol. The molecule has 0 spiro atoms. The molecule has 2 heterocycles. The Balaban J connectivity index is 2.04. The number of aromatic nitrogens is 2. The molecule has 1 aromatic heterocycles. The number of ether oxygens (including phenoxy) is 1. The second kappa shape index (κ2) is 6.23. The molecule has 2 rings (SSSR count). The first-order chi connectivity index (χ1) is 8.70. The maximum atomic E-state index is 6.24. The molecule has 0 amide bonds. The van der Waals surface area contributed by atoms with E-state index in [4.69, 9.17) is 16.3 Å². The molecule has 0 aliphatic carbocycles. The van der Waals surface area contributed by atoms with Gasteiger partial charge in [-0.3, -0.25) is 0 Å². The molecule has 1 aliphatic heterocycles. The van der Waals surface area contributed by atoms with Crippen LogP contribution in [0.15, 0.2) is 12.4 Å². The zero-order valence-corrected chi connectivity index (χ0v) is 11.7. The van der Waals surface area contributed by atoms with Gasteiger partial charge in [-0.25, -0.2) is 9.97 Å². The van der Waals surface area contributed by atoms with Crippen LogP contribution in [0.3, 0.4) is 0 Å². The van der Waals surface area contributed by atoms with Gasteiger partial charge in [0.15, 0.2) is 0 Å². The van der Waals surface area contributed by atoms with Gasteiger partial charge in [-0.15, -0.1) is 11.6 Å². The quantitative estimate of drug-likeness (QED) is 0.788. The van der Waals surface area contributed by atoms with Crippen LogP contribution in [0.2, 0.25) is 0 Å². The Morgan fingerprint density at radius 1 is 1.50 bits per heavy atom. The number of hydrogen-bond donors (Lipinski definition) is 0. The third-order valence-corrected chi connectivity index (χ3v) is 3.85. The van der Waals surface area contributed by atoms with E-state index in [2.05, 4.69) is 28.7 Å². The van der Waals surface area contributed by atoms with Crippen LogP contribution in [0.4, 0.5) is 5.82 Å². The number of piperidine rings is 1. The largest absolute Gasteiger partial charge is 0.478 e. The Hall–Kier alpha value is -1.03. The standard InChI is InChI=1S/C13H20ClN3O/c1-3-6-18-13-7-12(15-9-16-13)17-5-4-11(14)10(2)8-17/h7,9-11H,3-6,8H2,1-2H3. The van der Waals surface area contributed by atoms with Gasteiger partial charge >= 0.3 is 0 Å². The summed E-state index contributed by atoms with van der Waals surface area (Å²) in [5.41, 5.74) is 0. The summed E-state index contributed by atoms with van der Waals surface area (Å²) < 4.78 is 5.53. The topological polar surface area (TPSA) is 38.2 Å². The summed E-state index contributed by atoms with van der Waals surface area (Å²) in [7, 11) is 0. The van der Waals surface area contributed by atoms with E-state index in [-0.39, 0.29) is 5.38 Å². The van der Waals surface area contributed by atoms with Crippen LogP contribution in [0, 0.1) is 5.92 Å². The molecule has 0 aromatic carbocycles. The maximum absolute atomic E-state index is 6.24. The maximum Gasteiger partial charge on any atom is 0.218 e. The lowest BCUT2D eigenvalue weighted by atomic mass is 10.00. The number of anilines is 1. The average Bonchev–Trinajstić information content (AvgIpc) is 2.40. The summed E-state index contributed by atoms with van der Waals surface area (Å²) in [6, 6.07) is 1.91. The Bertz CT molecular complexity index is 388. The van der Waals surface area contributed by atoms with Crippen molar-refractivity contribution < 1.29 is 4.74 Å². The smallest absolute Gasteiger partial charge is 0.218 e. The molecule has 4 nitrogen and oxygen atoms in total. The lowest BCUT2D eigenvalue weighted by Crippen LogP contribution is -2.40. The molecule has 1 saturated heterocycles. The van der Waals surface area contributed by atoms with Crippen LogP contribution in [-0.2, 0) is 0 Å². The summed E-state index contributed by atoms with van der Waals surface area (Å²) in [4.78, 5) is 10.7. The SMILES string of the molecule is CCCOc1cc(N2CCC(Cl)C(C)C2)ncn1. The molecule has 0 saturated carbocycles. The normalized spacial score (nSPS) is 24.1. The van der Waals surface area contributed by atoms with E-state index in [0.717, 1.165) is 31.7 Å². The van der Waals surface area contributed by atoms with E-state index in [1.54, 1.807) is 6.33 Å². The highest BCUT2D eigenvalue weighted by atomic mass is 35.5. The molecular weight excluding hydrogens is 250 g/mol. The van der Waals surface area contributed by atoms with E-state index in [1.165, 1.54) is 0 Å². The van der Waals surface area contributed by atoms with Crippen molar-refractivity contribution in [2.24, 2.45) is 5.92 Å². The van der Waals surface area contributed by atoms with Crippen molar-refractivity contribution in [1.82, 2.24) is 9.97 Å². The van der Waals surface area contributed by atoms with Crippen LogP contribution in [0.25, 0.3) is 0 Å². The van der Waals surface area contributed by atoms with Crippen molar-refractivity contribution in [1.29, 1.82) is 0 Å². The first kappa shape index (κ1) is 13.4. The zero-order valence-electron chi connectivity index (χ0n) is 11.0. The van der Waals surface area contributed by atoms with E-state index >= 15 is 0 Å². The number of halogens is 1. The van der Waals surface area contributed by atoms with Gasteiger partial charge in [0.2, 0.25) is 5.88 Å². The minimum Gasteiger partial charge on any atom is -0.478 e. The molecule has 0 bridgehead atoms. The van der Waals surface area contributed by atoms with Gasteiger partial charge in [-0.2, -0.15) is 0 Å². The summed E-state index contributed by atoms with van der Waals surface area (Å²) >= 11 is 6.24. The first-order valence-electron chi connectivity index (χ1n) is 6.54. The predicted molar refractivity (Wildman–Crippen MR) is 73.5 cm³/mol.